The van der Waals surface area contributed by atoms with Crippen molar-refractivity contribution in [1.82, 2.24) is 20.0 Å². The smallest absolute Gasteiger partial charge is 0.290 e. The average molecular weight is 419 g/mol. The first-order chi connectivity index (χ1) is 14.4. The van der Waals surface area contributed by atoms with Gasteiger partial charge in [-0.25, -0.2) is 0 Å². The van der Waals surface area contributed by atoms with Crippen LogP contribution in [0.5, 0.6) is 0 Å². The number of hydrogen-bond donors (Lipinski definition) is 2. The summed E-state index contributed by atoms with van der Waals surface area (Å²) < 4.78 is 0. The quantitative estimate of drug-likeness (QED) is 0.696. The lowest BCUT2D eigenvalue weighted by atomic mass is 10.1. The molecular weight excluding hydrogens is 390 g/mol. The highest BCUT2D eigenvalue weighted by molar-refractivity contribution is 5.93. The van der Waals surface area contributed by atoms with Gasteiger partial charge in [-0.1, -0.05) is 24.3 Å². The Balaban J connectivity index is 0.000000672. The van der Waals surface area contributed by atoms with Crippen LogP contribution in [0.3, 0.4) is 0 Å². The summed E-state index contributed by atoms with van der Waals surface area (Å²) in [4.78, 5) is 35.4. The van der Waals surface area contributed by atoms with Crippen LogP contribution in [-0.4, -0.2) is 95.9 Å². The molecule has 30 heavy (non-hydrogen) atoms. The molecule has 0 saturated carbocycles. The zero-order valence-corrected chi connectivity index (χ0v) is 17.6. The fourth-order valence-corrected chi connectivity index (χ4v) is 3.09. The summed E-state index contributed by atoms with van der Waals surface area (Å²) in [7, 11) is 4.06. The number of aromatic nitrogens is 2. The number of carboxylic acid groups (broad SMARTS) is 2. The highest BCUT2D eigenvalue weighted by atomic mass is 16.3. The SMILES string of the molecule is Cc1nnc(N2CCC(=O)N(CCN(C)C)CC2)c2ccccc12.O=CO.O=CO. The molecule has 2 N–H and O–H groups in total. The fourth-order valence-electron chi connectivity index (χ4n) is 3.09. The third-order valence-electron chi connectivity index (χ3n) is 4.56. The number of benzene rings is 1. The van der Waals surface area contributed by atoms with Crippen molar-refractivity contribution in [3.05, 3.63) is 30.0 Å². The molecule has 1 aliphatic heterocycles. The second-order valence-electron chi connectivity index (χ2n) is 6.79. The Bertz CT molecular complexity index is 824. The molecule has 1 amide bonds. The zero-order chi connectivity index (χ0) is 22.5. The average Bonchev–Trinajstić information content (AvgIpc) is 2.90. The first-order valence-corrected chi connectivity index (χ1v) is 9.44. The largest absolute Gasteiger partial charge is 0.483 e. The monoisotopic (exact) mass is 419 g/mol. The van der Waals surface area contributed by atoms with Gasteiger partial charge in [0, 0.05) is 49.9 Å². The fraction of sp³-hybridized carbons (Fsp3) is 0.450. The van der Waals surface area contributed by atoms with Crippen LogP contribution in [0.2, 0.25) is 0 Å². The molecule has 10 heteroatoms. The summed E-state index contributed by atoms with van der Waals surface area (Å²) in [5, 5.41) is 24.8. The van der Waals surface area contributed by atoms with Gasteiger partial charge in [0.1, 0.15) is 0 Å². The van der Waals surface area contributed by atoms with Gasteiger partial charge in [0.25, 0.3) is 12.9 Å². The number of nitrogens with zero attached hydrogens (tertiary/aromatic N) is 5. The molecule has 1 aliphatic rings. The first kappa shape index (κ1) is 24.8. The van der Waals surface area contributed by atoms with E-state index < -0.39 is 0 Å². The number of hydrogen-bond acceptors (Lipinski definition) is 7. The van der Waals surface area contributed by atoms with Crippen LogP contribution in [0.15, 0.2) is 24.3 Å². The van der Waals surface area contributed by atoms with E-state index in [1.54, 1.807) is 0 Å². The number of carbonyl (C=O) groups is 3. The molecule has 0 radical (unpaired) electrons. The van der Waals surface area contributed by atoms with Crippen molar-refractivity contribution in [3.63, 3.8) is 0 Å². The van der Waals surface area contributed by atoms with E-state index in [4.69, 9.17) is 19.8 Å². The van der Waals surface area contributed by atoms with Gasteiger partial charge >= 0.3 is 0 Å². The number of amides is 1. The van der Waals surface area contributed by atoms with E-state index in [1.807, 2.05) is 38.1 Å². The molecular formula is C20H29N5O5. The third kappa shape index (κ3) is 7.28. The normalized spacial score (nSPS) is 13.7. The number of rotatable bonds is 4. The molecule has 10 nitrogen and oxygen atoms in total. The molecule has 164 valence electrons. The van der Waals surface area contributed by atoms with E-state index in [1.165, 1.54) is 0 Å². The zero-order valence-electron chi connectivity index (χ0n) is 17.6. The van der Waals surface area contributed by atoms with Crippen LogP contribution in [0, 0.1) is 6.92 Å². The minimum atomic E-state index is -0.250. The maximum absolute atomic E-state index is 12.4. The van der Waals surface area contributed by atoms with Crippen molar-refractivity contribution >= 4 is 35.4 Å². The van der Waals surface area contributed by atoms with Crippen LogP contribution >= 0.6 is 0 Å². The summed E-state index contributed by atoms with van der Waals surface area (Å²) in [5.74, 6) is 1.11. The summed E-state index contributed by atoms with van der Waals surface area (Å²) >= 11 is 0. The van der Waals surface area contributed by atoms with Crippen LogP contribution in [0.1, 0.15) is 12.1 Å². The molecule has 0 unspecified atom stereocenters. The molecule has 0 spiro atoms. The van der Waals surface area contributed by atoms with Gasteiger partial charge in [-0.3, -0.25) is 14.4 Å². The molecule has 3 rings (SSSR count). The van der Waals surface area contributed by atoms with Crippen LogP contribution in [0.4, 0.5) is 5.82 Å². The topological polar surface area (TPSA) is 127 Å². The molecule has 0 aliphatic carbocycles. The number of carbonyl (C=O) groups excluding carboxylic acids is 1. The van der Waals surface area contributed by atoms with E-state index in [-0.39, 0.29) is 18.9 Å². The van der Waals surface area contributed by atoms with Gasteiger partial charge in [-0.15, -0.1) is 5.10 Å². The Morgan fingerprint density at radius 3 is 2.23 bits per heavy atom. The van der Waals surface area contributed by atoms with Crippen molar-refractivity contribution in [1.29, 1.82) is 0 Å². The van der Waals surface area contributed by atoms with Gasteiger partial charge < -0.3 is 24.9 Å². The lowest BCUT2D eigenvalue weighted by Gasteiger charge is -2.24. The van der Waals surface area contributed by atoms with Crippen LogP contribution < -0.4 is 4.90 Å². The predicted molar refractivity (Wildman–Crippen MR) is 114 cm³/mol. The molecule has 2 heterocycles. The molecule has 1 aromatic heterocycles. The van der Waals surface area contributed by atoms with Gasteiger partial charge in [-0.2, -0.15) is 5.10 Å². The maximum atomic E-state index is 12.4. The maximum Gasteiger partial charge on any atom is 0.290 e. The van der Waals surface area contributed by atoms with E-state index >= 15 is 0 Å². The summed E-state index contributed by atoms with van der Waals surface area (Å²) in [6, 6.07) is 8.22. The van der Waals surface area contributed by atoms with E-state index in [0.29, 0.717) is 13.0 Å². The number of likely N-dealkylation sites (N-methyl/N-ethyl adjacent to an activating group) is 1. The van der Waals surface area contributed by atoms with Crippen molar-refractivity contribution in [3.8, 4) is 0 Å². The lowest BCUT2D eigenvalue weighted by Crippen LogP contribution is -2.38. The van der Waals surface area contributed by atoms with Gasteiger partial charge in [-0.05, 0) is 21.0 Å². The van der Waals surface area contributed by atoms with Crippen LogP contribution in [-0.2, 0) is 14.4 Å². The van der Waals surface area contributed by atoms with Crippen molar-refractivity contribution in [2.45, 2.75) is 13.3 Å². The highest BCUT2D eigenvalue weighted by Gasteiger charge is 2.23. The van der Waals surface area contributed by atoms with Crippen molar-refractivity contribution in [2.24, 2.45) is 0 Å². The minimum Gasteiger partial charge on any atom is -0.483 e. The Kier molecular flexibility index (Phi) is 10.8. The standard InChI is InChI=1S/C18H25N5O.2CH2O2/c1-14-15-6-4-5-7-16(15)18(20-19-14)23-9-8-17(24)22(12-13-23)11-10-21(2)3;2*2-1-3/h4-7H,8-13H2,1-3H3;2*1H,(H,2,3). The summed E-state index contributed by atoms with van der Waals surface area (Å²) in [6.07, 6.45) is 0.525. The van der Waals surface area contributed by atoms with Crippen molar-refractivity contribution < 1.29 is 24.6 Å². The molecule has 2 aromatic rings. The summed E-state index contributed by atoms with van der Waals surface area (Å²) in [5.41, 5.74) is 0.938. The first-order valence-electron chi connectivity index (χ1n) is 9.44. The number of aryl methyl sites for hydroxylation is 1. The third-order valence-corrected chi connectivity index (χ3v) is 4.56. The second-order valence-corrected chi connectivity index (χ2v) is 6.79. The Labute approximate surface area is 175 Å². The second kappa shape index (κ2) is 13.0. The number of fused-ring (bicyclic) bond motifs is 1. The molecule has 1 aromatic carbocycles. The molecule has 1 fully saturated rings. The van der Waals surface area contributed by atoms with Gasteiger partial charge in [0.05, 0.1) is 5.69 Å². The highest BCUT2D eigenvalue weighted by Crippen LogP contribution is 2.26. The van der Waals surface area contributed by atoms with Crippen molar-refractivity contribution in [2.75, 3.05) is 51.7 Å². The summed E-state index contributed by atoms with van der Waals surface area (Å²) in [6.45, 7) is 5.36. The molecule has 0 atom stereocenters. The van der Waals surface area contributed by atoms with Gasteiger partial charge in [0.2, 0.25) is 5.91 Å². The lowest BCUT2D eigenvalue weighted by molar-refractivity contribution is -0.130. The van der Waals surface area contributed by atoms with E-state index in [2.05, 4.69) is 32.1 Å². The Hall–Kier alpha value is -3.27. The Morgan fingerprint density at radius 2 is 1.63 bits per heavy atom. The predicted octanol–water partition coefficient (Wildman–Crippen LogP) is 0.940. The van der Waals surface area contributed by atoms with E-state index in [0.717, 1.165) is 48.5 Å². The minimum absolute atomic E-state index is 0.226. The molecule has 1 saturated heterocycles. The number of anilines is 1. The van der Waals surface area contributed by atoms with Gasteiger partial charge in [0.15, 0.2) is 5.82 Å². The molecule has 0 bridgehead atoms. The van der Waals surface area contributed by atoms with Crippen LogP contribution in [0.25, 0.3) is 10.8 Å². The van der Waals surface area contributed by atoms with E-state index in [9.17, 15) is 4.79 Å². The Morgan fingerprint density at radius 1 is 1.03 bits per heavy atom.